The molecule has 0 spiro atoms. The second-order valence-corrected chi connectivity index (χ2v) is 5.92. The molecular formula is C17H13N3S. The van der Waals surface area contributed by atoms with Crippen LogP contribution >= 0.6 is 11.8 Å². The van der Waals surface area contributed by atoms with Crippen molar-refractivity contribution in [2.45, 2.75) is 11.5 Å². The number of para-hydroxylation sites is 1. The quantitative estimate of drug-likeness (QED) is 0.666. The van der Waals surface area contributed by atoms with Crippen molar-refractivity contribution in [1.82, 2.24) is 9.97 Å². The molecule has 1 aliphatic heterocycles. The first kappa shape index (κ1) is 12.5. The van der Waals surface area contributed by atoms with E-state index < -0.39 is 0 Å². The van der Waals surface area contributed by atoms with Crippen LogP contribution in [0.1, 0.15) is 16.8 Å². The topological polar surface area (TPSA) is 38.1 Å². The standard InChI is InChI=1S/C17H13N3S/c1-2-4-15-13(3-1)17(14-10-21-11-16(14)20-15)19-9-12-5-7-18-8-6-12/h1-9H,10-11H2. The Morgan fingerprint density at radius 3 is 2.81 bits per heavy atom. The summed E-state index contributed by atoms with van der Waals surface area (Å²) in [6.07, 6.45) is 5.48. The third-order valence-electron chi connectivity index (χ3n) is 3.58. The number of rotatable bonds is 2. The molecule has 0 radical (unpaired) electrons. The van der Waals surface area contributed by atoms with Crippen LogP contribution in [-0.4, -0.2) is 16.2 Å². The average molecular weight is 291 g/mol. The minimum Gasteiger partial charge on any atom is -0.265 e. The number of aromatic nitrogens is 2. The van der Waals surface area contributed by atoms with E-state index in [-0.39, 0.29) is 0 Å². The molecule has 0 N–H and O–H groups in total. The molecule has 4 rings (SSSR count). The summed E-state index contributed by atoms with van der Waals surface area (Å²) in [6, 6.07) is 12.2. The summed E-state index contributed by atoms with van der Waals surface area (Å²) in [4.78, 5) is 13.6. The van der Waals surface area contributed by atoms with Crippen LogP contribution in [0.25, 0.3) is 10.9 Å². The Morgan fingerprint density at radius 2 is 1.90 bits per heavy atom. The van der Waals surface area contributed by atoms with Crippen molar-refractivity contribution in [3.63, 3.8) is 0 Å². The molecule has 0 atom stereocenters. The van der Waals surface area contributed by atoms with E-state index in [2.05, 4.69) is 17.1 Å². The highest BCUT2D eigenvalue weighted by atomic mass is 32.2. The van der Waals surface area contributed by atoms with Gasteiger partial charge in [-0.05, 0) is 23.8 Å². The Labute approximate surface area is 127 Å². The second kappa shape index (κ2) is 5.30. The van der Waals surface area contributed by atoms with Gasteiger partial charge in [-0.15, -0.1) is 0 Å². The zero-order valence-corrected chi connectivity index (χ0v) is 12.2. The van der Waals surface area contributed by atoms with Crippen molar-refractivity contribution >= 4 is 34.6 Å². The molecule has 4 heteroatoms. The summed E-state index contributed by atoms with van der Waals surface area (Å²) in [5, 5.41) is 1.13. The Hall–Kier alpha value is -2.20. The average Bonchev–Trinajstić information content (AvgIpc) is 3.00. The van der Waals surface area contributed by atoms with Crippen molar-refractivity contribution in [3.8, 4) is 0 Å². The fourth-order valence-corrected chi connectivity index (χ4v) is 3.58. The normalized spacial score (nSPS) is 13.9. The first-order valence-electron chi connectivity index (χ1n) is 6.84. The fourth-order valence-electron chi connectivity index (χ4n) is 2.54. The molecule has 0 fully saturated rings. The lowest BCUT2D eigenvalue weighted by Gasteiger charge is -2.07. The zero-order valence-electron chi connectivity index (χ0n) is 11.4. The maximum atomic E-state index is 4.77. The highest BCUT2D eigenvalue weighted by Gasteiger charge is 2.19. The first-order valence-corrected chi connectivity index (χ1v) is 7.99. The van der Waals surface area contributed by atoms with Gasteiger partial charge in [-0.25, -0.2) is 0 Å². The third-order valence-corrected chi connectivity index (χ3v) is 4.55. The summed E-state index contributed by atoms with van der Waals surface area (Å²) in [5.74, 6) is 1.98. The lowest BCUT2D eigenvalue weighted by molar-refractivity contribution is 1.19. The van der Waals surface area contributed by atoms with E-state index >= 15 is 0 Å². The minimum absolute atomic E-state index is 0.984. The molecule has 0 unspecified atom stereocenters. The van der Waals surface area contributed by atoms with Crippen LogP contribution in [-0.2, 0) is 11.5 Å². The highest BCUT2D eigenvalue weighted by molar-refractivity contribution is 7.98. The maximum Gasteiger partial charge on any atom is 0.0782 e. The van der Waals surface area contributed by atoms with Gasteiger partial charge in [0.05, 0.1) is 16.9 Å². The van der Waals surface area contributed by atoms with Crippen LogP contribution in [0.5, 0.6) is 0 Å². The Kier molecular flexibility index (Phi) is 3.16. The van der Waals surface area contributed by atoms with Gasteiger partial charge in [0.15, 0.2) is 0 Å². The van der Waals surface area contributed by atoms with Crippen LogP contribution in [0.2, 0.25) is 0 Å². The van der Waals surface area contributed by atoms with Crippen molar-refractivity contribution in [2.75, 3.05) is 0 Å². The fraction of sp³-hybridized carbons (Fsp3) is 0.118. The highest BCUT2D eigenvalue weighted by Crippen LogP contribution is 2.39. The molecule has 0 amide bonds. The molecule has 0 saturated heterocycles. The van der Waals surface area contributed by atoms with E-state index in [9.17, 15) is 0 Å². The predicted octanol–water partition coefficient (Wildman–Crippen LogP) is 4.13. The SMILES string of the molecule is C(=Nc1c2c(nc3ccccc13)CSC2)c1ccncc1. The number of hydrogen-bond donors (Lipinski definition) is 0. The van der Waals surface area contributed by atoms with Gasteiger partial charge in [0.25, 0.3) is 0 Å². The summed E-state index contributed by atoms with van der Waals surface area (Å²) in [6.45, 7) is 0. The Bertz CT molecular complexity index is 828. The van der Waals surface area contributed by atoms with E-state index in [1.807, 2.05) is 42.2 Å². The smallest absolute Gasteiger partial charge is 0.0782 e. The van der Waals surface area contributed by atoms with E-state index in [4.69, 9.17) is 9.98 Å². The molecular weight excluding hydrogens is 278 g/mol. The molecule has 1 aromatic carbocycles. The van der Waals surface area contributed by atoms with E-state index in [0.717, 1.165) is 33.7 Å². The number of thioether (sulfide) groups is 1. The number of aliphatic imine (C=N–C) groups is 1. The zero-order chi connectivity index (χ0) is 14.1. The van der Waals surface area contributed by atoms with Crippen LogP contribution < -0.4 is 0 Å². The number of pyridine rings is 2. The van der Waals surface area contributed by atoms with Gasteiger partial charge in [0.1, 0.15) is 0 Å². The van der Waals surface area contributed by atoms with Crippen molar-refractivity contribution in [3.05, 3.63) is 65.6 Å². The summed E-state index contributed by atoms with van der Waals surface area (Å²) < 4.78 is 0. The van der Waals surface area contributed by atoms with Gasteiger partial charge in [0.2, 0.25) is 0 Å². The molecule has 102 valence electrons. The van der Waals surface area contributed by atoms with Crippen LogP contribution in [0.15, 0.2) is 53.8 Å². The van der Waals surface area contributed by atoms with E-state index in [1.165, 1.54) is 11.3 Å². The van der Waals surface area contributed by atoms with Crippen molar-refractivity contribution < 1.29 is 0 Å². The van der Waals surface area contributed by atoms with Gasteiger partial charge < -0.3 is 0 Å². The third kappa shape index (κ3) is 2.32. The molecule has 3 aromatic rings. The molecule has 0 bridgehead atoms. The van der Waals surface area contributed by atoms with Gasteiger partial charge in [-0.2, -0.15) is 11.8 Å². The van der Waals surface area contributed by atoms with Crippen molar-refractivity contribution in [2.24, 2.45) is 4.99 Å². The Balaban J connectivity index is 1.89. The largest absolute Gasteiger partial charge is 0.265 e. The summed E-state index contributed by atoms with van der Waals surface area (Å²) >= 11 is 1.90. The van der Waals surface area contributed by atoms with Crippen LogP contribution in [0.4, 0.5) is 5.69 Å². The Morgan fingerprint density at radius 1 is 1.05 bits per heavy atom. The second-order valence-electron chi connectivity index (χ2n) is 4.93. The van der Waals surface area contributed by atoms with Crippen molar-refractivity contribution in [1.29, 1.82) is 0 Å². The van der Waals surface area contributed by atoms with Crippen LogP contribution in [0, 0.1) is 0 Å². The van der Waals surface area contributed by atoms with Gasteiger partial charge in [-0.3, -0.25) is 15.0 Å². The van der Waals surface area contributed by atoms with Gasteiger partial charge >= 0.3 is 0 Å². The van der Waals surface area contributed by atoms with E-state index in [1.54, 1.807) is 12.4 Å². The molecule has 0 aliphatic carbocycles. The lowest BCUT2D eigenvalue weighted by atomic mass is 10.1. The molecule has 3 heterocycles. The molecule has 21 heavy (non-hydrogen) atoms. The summed E-state index contributed by atoms with van der Waals surface area (Å²) in [7, 11) is 0. The van der Waals surface area contributed by atoms with Gasteiger partial charge in [0, 0.05) is 41.1 Å². The minimum atomic E-state index is 0.984. The number of fused-ring (bicyclic) bond motifs is 2. The number of hydrogen-bond acceptors (Lipinski definition) is 4. The van der Waals surface area contributed by atoms with Crippen LogP contribution in [0.3, 0.4) is 0 Å². The predicted molar refractivity (Wildman–Crippen MR) is 88.2 cm³/mol. The molecule has 1 aliphatic rings. The first-order chi connectivity index (χ1) is 10.4. The maximum absolute atomic E-state index is 4.77. The van der Waals surface area contributed by atoms with Gasteiger partial charge in [-0.1, -0.05) is 18.2 Å². The lowest BCUT2D eigenvalue weighted by Crippen LogP contribution is -1.92. The number of benzene rings is 1. The monoisotopic (exact) mass is 291 g/mol. The molecule has 0 saturated carbocycles. The summed E-state index contributed by atoms with van der Waals surface area (Å²) in [5.41, 5.74) is 5.62. The molecule has 2 aromatic heterocycles. The number of nitrogens with zero attached hydrogens (tertiary/aromatic N) is 3. The molecule has 3 nitrogen and oxygen atoms in total. The van der Waals surface area contributed by atoms with E-state index in [0.29, 0.717) is 0 Å².